The Labute approximate surface area is 295 Å². The molecule has 50 heavy (non-hydrogen) atoms. The molecule has 2 atom stereocenters. The van der Waals surface area contributed by atoms with E-state index in [2.05, 4.69) is 36.0 Å². The van der Waals surface area contributed by atoms with Gasteiger partial charge in [-0.3, -0.25) is 9.59 Å². The van der Waals surface area contributed by atoms with Crippen LogP contribution in [0, 0.1) is 0 Å². The molecule has 2 aliphatic heterocycles. The smallest absolute Gasteiger partial charge is 0.422 e. The second-order valence-electron chi connectivity index (χ2n) is 11.1. The van der Waals surface area contributed by atoms with E-state index < -0.39 is 18.7 Å². The molecule has 0 radical (unpaired) electrons. The van der Waals surface area contributed by atoms with Crippen molar-refractivity contribution in [2.75, 3.05) is 56.6 Å². The van der Waals surface area contributed by atoms with Gasteiger partial charge in [0.15, 0.2) is 6.61 Å². The van der Waals surface area contributed by atoms with E-state index in [0.717, 1.165) is 43.5 Å². The lowest BCUT2D eigenvalue weighted by Gasteiger charge is -2.24. The second-order valence-corrected chi connectivity index (χ2v) is 11.8. The zero-order valence-electron chi connectivity index (χ0n) is 26.4. The van der Waals surface area contributed by atoms with Crippen molar-refractivity contribution in [3.8, 4) is 5.88 Å². The molecule has 4 heterocycles. The van der Waals surface area contributed by atoms with Gasteiger partial charge in [-0.25, -0.2) is 9.97 Å². The maximum Gasteiger partial charge on any atom is 0.422 e. The summed E-state index contributed by atoms with van der Waals surface area (Å²) in [7, 11) is 0. The summed E-state index contributed by atoms with van der Waals surface area (Å²) in [6.45, 7) is 3.16. The van der Waals surface area contributed by atoms with E-state index >= 15 is 0 Å². The number of anilines is 2. The lowest BCUT2D eigenvalue weighted by Crippen LogP contribution is -2.33. The molecule has 2 aromatic heterocycles. The van der Waals surface area contributed by atoms with Crippen LogP contribution in [0.15, 0.2) is 79.0 Å². The van der Waals surface area contributed by atoms with Gasteiger partial charge in [0.05, 0.1) is 31.0 Å². The summed E-state index contributed by atoms with van der Waals surface area (Å²) in [5.74, 6) is -0.915. The van der Waals surface area contributed by atoms with E-state index in [1.807, 2.05) is 36.4 Å². The van der Waals surface area contributed by atoms with Crippen LogP contribution in [0.5, 0.6) is 5.88 Å². The van der Waals surface area contributed by atoms with Crippen LogP contribution in [0.4, 0.5) is 24.5 Å². The Morgan fingerprint density at radius 3 is 1.70 bits per heavy atom. The molecule has 2 aliphatic rings. The van der Waals surface area contributed by atoms with Crippen molar-refractivity contribution < 1.29 is 37.0 Å². The monoisotopic (exact) mass is 732 g/mol. The number of nitrogens with zero attached hydrogens (tertiary/aromatic N) is 2. The molecule has 0 spiro atoms. The van der Waals surface area contributed by atoms with Gasteiger partial charge in [-0.2, -0.15) is 13.2 Å². The fourth-order valence-corrected chi connectivity index (χ4v) is 5.34. The third-order valence-corrected chi connectivity index (χ3v) is 7.73. The van der Waals surface area contributed by atoms with Gasteiger partial charge in [0.25, 0.3) is 11.8 Å². The van der Waals surface area contributed by atoms with E-state index in [0.29, 0.717) is 30.2 Å². The molecule has 6 rings (SSSR count). The number of morpholine rings is 2. The number of alkyl halides is 3. The van der Waals surface area contributed by atoms with Crippen molar-refractivity contribution in [2.24, 2.45) is 0 Å². The van der Waals surface area contributed by atoms with Crippen LogP contribution in [0.25, 0.3) is 0 Å². The van der Waals surface area contributed by atoms with Gasteiger partial charge in [-0.1, -0.05) is 47.5 Å². The minimum Gasteiger partial charge on any atom is -0.468 e. The summed E-state index contributed by atoms with van der Waals surface area (Å²) in [5, 5.41) is 12.4. The van der Waals surface area contributed by atoms with E-state index in [4.69, 9.17) is 32.7 Å². The Bertz CT molecular complexity index is 1700. The molecule has 0 unspecified atom stereocenters. The first kappa shape index (κ1) is 37.0. The Kier molecular flexibility index (Phi) is 13.0. The number of pyridine rings is 2. The predicted octanol–water partition coefficient (Wildman–Crippen LogP) is 6.24. The number of hydrogen-bond donors (Lipinski definition) is 4. The number of ether oxygens (including phenoxy) is 3. The van der Waals surface area contributed by atoms with Gasteiger partial charge in [-0.05, 0) is 53.6 Å². The van der Waals surface area contributed by atoms with E-state index in [-0.39, 0.29) is 39.9 Å². The van der Waals surface area contributed by atoms with Gasteiger partial charge in [0.1, 0.15) is 10.3 Å². The first-order valence-corrected chi connectivity index (χ1v) is 16.2. The van der Waals surface area contributed by atoms with Gasteiger partial charge >= 0.3 is 6.18 Å². The normalized spacial score (nSPS) is 17.5. The highest BCUT2D eigenvalue weighted by atomic mass is 35.5. The molecule has 11 nitrogen and oxygen atoms in total. The van der Waals surface area contributed by atoms with Crippen molar-refractivity contribution in [1.82, 2.24) is 20.6 Å². The van der Waals surface area contributed by atoms with Crippen molar-refractivity contribution in [3.63, 3.8) is 0 Å². The zero-order chi connectivity index (χ0) is 35.5. The topological polar surface area (TPSA) is 136 Å². The summed E-state index contributed by atoms with van der Waals surface area (Å²) in [6, 6.07) is 20.4. The number of halogens is 5. The molecule has 2 aromatic carbocycles. The summed E-state index contributed by atoms with van der Waals surface area (Å²) in [6.07, 6.45) is -3.25. The van der Waals surface area contributed by atoms with Crippen LogP contribution in [0.3, 0.4) is 0 Å². The third kappa shape index (κ3) is 11.4. The highest BCUT2D eigenvalue weighted by molar-refractivity contribution is 6.33. The molecule has 0 bridgehead atoms. The van der Waals surface area contributed by atoms with E-state index in [1.54, 1.807) is 12.1 Å². The molecule has 16 heteroatoms. The molecule has 4 aromatic rings. The number of hydrogen-bond acceptors (Lipinski definition) is 9. The molecule has 264 valence electrons. The Hall–Kier alpha value is -4.31. The molecule has 2 amide bonds. The fraction of sp³-hybridized carbons (Fsp3) is 0.294. The molecule has 0 saturated carbocycles. The number of nitrogens with one attached hydrogen (secondary N) is 4. The first-order chi connectivity index (χ1) is 24.0. The molecular formula is C34H33Cl2F3N6O5. The summed E-state index contributed by atoms with van der Waals surface area (Å²) < 4.78 is 52.2. The van der Waals surface area contributed by atoms with Gasteiger partial charge in [0, 0.05) is 55.4 Å². The van der Waals surface area contributed by atoms with Crippen LogP contribution >= 0.6 is 23.2 Å². The third-order valence-electron chi connectivity index (χ3n) is 7.34. The van der Waals surface area contributed by atoms with Crippen molar-refractivity contribution >= 4 is 46.4 Å². The summed E-state index contributed by atoms with van der Waals surface area (Å²) in [4.78, 5) is 32.0. The average Bonchev–Trinajstić information content (AvgIpc) is 3.12. The first-order valence-electron chi connectivity index (χ1n) is 15.5. The number of carbonyl (C=O) groups excluding carboxylic acids is 2. The van der Waals surface area contributed by atoms with Crippen LogP contribution < -0.4 is 26.0 Å². The lowest BCUT2D eigenvalue weighted by molar-refractivity contribution is -0.154. The quantitative estimate of drug-likeness (QED) is 0.155. The van der Waals surface area contributed by atoms with Crippen molar-refractivity contribution in [2.45, 2.75) is 18.4 Å². The minimum atomic E-state index is -4.44. The van der Waals surface area contributed by atoms with Crippen LogP contribution in [-0.4, -0.2) is 74.0 Å². The standard InChI is InChI=1S/C18H18F3N3O3.C16H15Cl2N3O2/c19-18(20,21)11-27-16-6-3-13(9-23-16)17(25)24-14-4-1-12(2-5-14)15-10-22-7-8-26-15;17-14-7-11(8-15(18)21-14)16(22)20-12-3-1-10(2-4-12)13-9-19-5-6-23-13/h1-6,9,15,22H,7-8,10-11H2,(H,24,25);1-4,7-8,13,19H,5-6,9H2,(H,20,22)/t15-;13-/m10/s1. The SMILES string of the molecule is O=C(Nc1ccc([C@@H]2CNCCO2)cc1)c1cc(Cl)nc(Cl)c1.O=C(Nc1ccc([C@H]2CNCCO2)cc1)c1ccc(OCC(F)(F)F)nc1. The van der Waals surface area contributed by atoms with Crippen LogP contribution in [0.2, 0.25) is 10.3 Å². The van der Waals surface area contributed by atoms with Gasteiger partial charge in [-0.15, -0.1) is 0 Å². The maximum atomic E-state index is 12.2. The van der Waals surface area contributed by atoms with E-state index in [1.165, 1.54) is 24.3 Å². The highest BCUT2D eigenvalue weighted by Crippen LogP contribution is 2.23. The van der Waals surface area contributed by atoms with Crippen molar-refractivity contribution in [1.29, 1.82) is 0 Å². The minimum absolute atomic E-state index is 0.0167. The van der Waals surface area contributed by atoms with E-state index in [9.17, 15) is 22.8 Å². The Morgan fingerprint density at radius 2 is 1.28 bits per heavy atom. The van der Waals surface area contributed by atoms with Crippen molar-refractivity contribution in [3.05, 3.63) is 112 Å². The predicted molar refractivity (Wildman–Crippen MR) is 182 cm³/mol. The average molecular weight is 734 g/mol. The summed E-state index contributed by atoms with van der Waals surface area (Å²) in [5.41, 5.74) is 3.92. The number of aromatic nitrogens is 2. The number of benzene rings is 2. The lowest BCUT2D eigenvalue weighted by atomic mass is 10.1. The van der Waals surface area contributed by atoms with Crippen LogP contribution in [-0.2, 0) is 9.47 Å². The van der Waals surface area contributed by atoms with Gasteiger partial charge in [0.2, 0.25) is 5.88 Å². The second kappa shape index (κ2) is 17.6. The van der Waals surface area contributed by atoms with Gasteiger partial charge < -0.3 is 35.5 Å². The molecule has 2 fully saturated rings. The number of amides is 2. The Morgan fingerprint density at radius 1 is 0.780 bits per heavy atom. The Balaban J connectivity index is 0.000000197. The number of rotatable bonds is 8. The summed E-state index contributed by atoms with van der Waals surface area (Å²) >= 11 is 11.6. The molecule has 0 aliphatic carbocycles. The highest BCUT2D eigenvalue weighted by Gasteiger charge is 2.28. The zero-order valence-corrected chi connectivity index (χ0v) is 27.9. The van der Waals surface area contributed by atoms with Crippen LogP contribution in [0.1, 0.15) is 44.1 Å². The molecule has 2 saturated heterocycles. The molecule has 4 N–H and O–H groups in total. The fourth-order valence-electron chi connectivity index (χ4n) is 4.88. The number of carbonyl (C=O) groups is 2. The maximum absolute atomic E-state index is 12.2. The largest absolute Gasteiger partial charge is 0.468 e. The molecular weight excluding hydrogens is 700 g/mol.